The van der Waals surface area contributed by atoms with Gasteiger partial charge < -0.3 is 14.3 Å². The second-order valence-corrected chi connectivity index (χ2v) is 4.86. The highest BCUT2D eigenvalue weighted by molar-refractivity contribution is 5.83. The molecule has 1 atom stereocenters. The minimum absolute atomic E-state index is 0.564. The molecule has 1 N–H and O–H groups in total. The first kappa shape index (κ1) is 13.6. The van der Waals surface area contributed by atoms with Crippen LogP contribution < -0.4 is 4.74 Å². The predicted octanol–water partition coefficient (Wildman–Crippen LogP) is 3.62. The van der Waals surface area contributed by atoms with E-state index in [1.54, 1.807) is 12.4 Å². The van der Waals surface area contributed by atoms with Crippen LogP contribution in [0.15, 0.2) is 47.1 Å². The van der Waals surface area contributed by atoms with Gasteiger partial charge in [-0.15, -0.1) is 0 Å². The topological polar surface area (TPSA) is 55.5 Å². The maximum atomic E-state index is 10.7. The van der Waals surface area contributed by atoms with Crippen LogP contribution in [0.4, 0.5) is 0 Å². The van der Waals surface area contributed by atoms with Crippen LogP contribution in [0, 0.1) is 6.92 Å². The van der Waals surface area contributed by atoms with Crippen molar-refractivity contribution < 1.29 is 14.3 Å². The molecule has 0 saturated heterocycles. The number of hydrogen-bond donors (Lipinski definition) is 1. The van der Waals surface area contributed by atoms with Crippen molar-refractivity contribution in [2.45, 2.75) is 20.0 Å². The van der Waals surface area contributed by atoms with Crippen molar-refractivity contribution in [1.29, 1.82) is 0 Å². The van der Waals surface area contributed by atoms with Crippen LogP contribution >= 0.6 is 0 Å². The van der Waals surface area contributed by atoms with Crippen LogP contribution in [0.3, 0.4) is 0 Å². The molecule has 2 heterocycles. The number of aliphatic hydroxyl groups is 1. The zero-order valence-corrected chi connectivity index (χ0v) is 12.0. The quantitative estimate of drug-likeness (QED) is 0.794. The summed E-state index contributed by atoms with van der Waals surface area (Å²) in [5.41, 5.74) is 2.25. The van der Waals surface area contributed by atoms with Crippen LogP contribution in [-0.4, -0.2) is 16.7 Å². The number of furan rings is 1. The van der Waals surface area contributed by atoms with Crippen molar-refractivity contribution in [2.24, 2.45) is 0 Å². The smallest absolute Gasteiger partial charge is 0.137 e. The maximum absolute atomic E-state index is 10.7. The fraction of sp³-hybridized carbons (Fsp3) is 0.235. The average molecular weight is 283 g/mol. The summed E-state index contributed by atoms with van der Waals surface area (Å²) in [6, 6.07) is 9.50. The fourth-order valence-electron chi connectivity index (χ4n) is 2.52. The summed E-state index contributed by atoms with van der Waals surface area (Å²) in [5, 5.41) is 11.6. The zero-order valence-electron chi connectivity index (χ0n) is 12.0. The van der Waals surface area contributed by atoms with Gasteiger partial charge in [0.05, 0.1) is 12.8 Å². The number of ether oxygens (including phenoxy) is 1. The Morgan fingerprint density at radius 1 is 1.29 bits per heavy atom. The molecule has 0 radical (unpaired) electrons. The summed E-state index contributed by atoms with van der Waals surface area (Å²) in [6.45, 7) is 4.34. The number of fused-ring (bicyclic) bond motifs is 1. The number of benzene rings is 1. The summed E-state index contributed by atoms with van der Waals surface area (Å²) < 4.78 is 11.1. The lowest BCUT2D eigenvalue weighted by Gasteiger charge is -2.12. The third-order valence-electron chi connectivity index (χ3n) is 3.45. The summed E-state index contributed by atoms with van der Waals surface area (Å²) in [6.07, 6.45) is 2.50. The Morgan fingerprint density at radius 2 is 2.10 bits per heavy atom. The number of para-hydroxylation sites is 1. The molecule has 0 saturated carbocycles. The molecule has 0 fully saturated rings. The second kappa shape index (κ2) is 5.58. The lowest BCUT2D eigenvalue weighted by molar-refractivity contribution is 0.218. The van der Waals surface area contributed by atoms with E-state index in [1.165, 1.54) is 0 Å². The van der Waals surface area contributed by atoms with Gasteiger partial charge in [0.2, 0.25) is 0 Å². The van der Waals surface area contributed by atoms with Gasteiger partial charge in [-0.3, -0.25) is 4.98 Å². The van der Waals surface area contributed by atoms with E-state index in [0.717, 1.165) is 16.5 Å². The third-order valence-corrected chi connectivity index (χ3v) is 3.45. The first-order chi connectivity index (χ1) is 10.2. The van der Waals surface area contributed by atoms with Crippen LogP contribution in [-0.2, 0) is 0 Å². The molecule has 3 rings (SSSR count). The predicted molar refractivity (Wildman–Crippen MR) is 80.4 cm³/mol. The molecular weight excluding hydrogens is 266 g/mol. The molecular formula is C17H17NO3. The van der Waals surface area contributed by atoms with E-state index < -0.39 is 6.10 Å². The number of pyridine rings is 1. The van der Waals surface area contributed by atoms with Crippen LogP contribution in [0.25, 0.3) is 11.0 Å². The Labute approximate surface area is 123 Å². The lowest BCUT2D eigenvalue weighted by Crippen LogP contribution is -2.02. The molecule has 1 aromatic carbocycles. The van der Waals surface area contributed by atoms with E-state index in [4.69, 9.17) is 9.15 Å². The summed E-state index contributed by atoms with van der Waals surface area (Å²) in [7, 11) is 0. The summed E-state index contributed by atoms with van der Waals surface area (Å²) in [4.78, 5) is 4.13. The molecule has 0 amide bonds. The van der Waals surface area contributed by atoms with E-state index in [9.17, 15) is 5.11 Å². The minimum Gasteiger partial charge on any atom is -0.492 e. The first-order valence-electron chi connectivity index (χ1n) is 6.94. The molecule has 1 unspecified atom stereocenters. The first-order valence-corrected chi connectivity index (χ1v) is 6.94. The van der Waals surface area contributed by atoms with Crippen molar-refractivity contribution in [3.8, 4) is 5.75 Å². The Morgan fingerprint density at radius 3 is 2.90 bits per heavy atom. The molecule has 2 aromatic heterocycles. The molecule has 21 heavy (non-hydrogen) atoms. The van der Waals surface area contributed by atoms with Crippen molar-refractivity contribution in [3.05, 3.63) is 59.6 Å². The number of aryl methyl sites for hydroxylation is 1. The van der Waals surface area contributed by atoms with Gasteiger partial charge in [-0.1, -0.05) is 18.2 Å². The van der Waals surface area contributed by atoms with E-state index in [2.05, 4.69) is 4.98 Å². The molecule has 3 aromatic rings. The van der Waals surface area contributed by atoms with E-state index >= 15 is 0 Å². The van der Waals surface area contributed by atoms with Gasteiger partial charge in [-0.2, -0.15) is 0 Å². The molecule has 4 heteroatoms. The lowest BCUT2D eigenvalue weighted by atomic mass is 10.00. The Hall–Kier alpha value is -2.33. The van der Waals surface area contributed by atoms with Gasteiger partial charge in [0.15, 0.2) is 0 Å². The highest BCUT2D eigenvalue weighted by Crippen LogP contribution is 2.34. The normalized spacial score (nSPS) is 12.5. The van der Waals surface area contributed by atoms with Gasteiger partial charge in [0.25, 0.3) is 0 Å². The number of aliphatic hydroxyl groups excluding tert-OH is 1. The zero-order chi connectivity index (χ0) is 14.8. The average Bonchev–Trinajstić information content (AvgIpc) is 2.83. The van der Waals surface area contributed by atoms with Crippen molar-refractivity contribution in [3.63, 3.8) is 0 Å². The molecule has 0 bridgehead atoms. The van der Waals surface area contributed by atoms with Gasteiger partial charge in [0, 0.05) is 22.7 Å². The van der Waals surface area contributed by atoms with Crippen molar-refractivity contribution in [1.82, 2.24) is 4.98 Å². The summed E-state index contributed by atoms with van der Waals surface area (Å²) in [5.74, 6) is 1.37. The van der Waals surface area contributed by atoms with Gasteiger partial charge in [-0.05, 0) is 26.0 Å². The van der Waals surface area contributed by atoms with Gasteiger partial charge >= 0.3 is 0 Å². The summed E-state index contributed by atoms with van der Waals surface area (Å²) >= 11 is 0. The SMILES string of the molecule is CCOc1cncc(C(O)c2c(C)oc3ccccc23)c1. The second-order valence-electron chi connectivity index (χ2n) is 4.86. The fourth-order valence-corrected chi connectivity index (χ4v) is 2.52. The number of nitrogens with zero attached hydrogens (tertiary/aromatic N) is 1. The van der Waals surface area contributed by atoms with E-state index in [1.807, 2.05) is 44.2 Å². The molecule has 0 spiro atoms. The van der Waals surface area contributed by atoms with Gasteiger partial charge in [0.1, 0.15) is 23.2 Å². The molecule has 108 valence electrons. The molecule has 4 nitrogen and oxygen atoms in total. The minimum atomic E-state index is -0.790. The van der Waals surface area contributed by atoms with Crippen molar-refractivity contribution in [2.75, 3.05) is 6.61 Å². The Balaban J connectivity index is 2.06. The highest BCUT2D eigenvalue weighted by Gasteiger charge is 2.20. The molecule has 0 aliphatic heterocycles. The van der Waals surface area contributed by atoms with Gasteiger partial charge in [-0.25, -0.2) is 0 Å². The standard InChI is InChI=1S/C17H17NO3/c1-3-20-13-8-12(9-18-10-13)17(19)16-11(2)21-15-7-5-4-6-14(15)16/h4-10,17,19H,3H2,1-2H3. The van der Waals surface area contributed by atoms with Crippen LogP contribution in [0.5, 0.6) is 5.75 Å². The number of aromatic nitrogens is 1. The number of rotatable bonds is 4. The third kappa shape index (κ3) is 2.50. The van der Waals surface area contributed by atoms with Crippen LogP contribution in [0.1, 0.15) is 29.9 Å². The number of hydrogen-bond acceptors (Lipinski definition) is 4. The molecule has 0 aliphatic carbocycles. The Bertz CT molecular complexity index is 764. The monoisotopic (exact) mass is 283 g/mol. The van der Waals surface area contributed by atoms with E-state index in [-0.39, 0.29) is 0 Å². The Kier molecular flexibility index (Phi) is 3.62. The highest BCUT2D eigenvalue weighted by atomic mass is 16.5. The maximum Gasteiger partial charge on any atom is 0.137 e. The van der Waals surface area contributed by atoms with Crippen molar-refractivity contribution >= 4 is 11.0 Å². The molecule has 0 aliphatic rings. The van der Waals surface area contributed by atoms with E-state index in [0.29, 0.717) is 23.7 Å². The largest absolute Gasteiger partial charge is 0.492 e. The van der Waals surface area contributed by atoms with Crippen LogP contribution in [0.2, 0.25) is 0 Å².